The fourth-order valence-corrected chi connectivity index (χ4v) is 4.68. The highest BCUT2D eigenvalue weighted by Gasteiger charge is 2.25. The van der Waals surface area contributed by atoms with Crippen LogP contribution >= 0.6 is 23.2 Å². The van der Waals surface area contributed by atoms with Crippen molar-refractivity contribution in [2.45, 2.75) is 0 Å². The first-order valence-electron chi connectivity index (χ1n) is 10.1. The van der Waals surface area contributed by atoms with Crippen LogP contribution in [0.5, 0.6) is 0 Å². The molecule has 0 saturated heterocycles. The van der Waals surface area contributed by atoms with Crippen LogP contribution in [0, 0.1) is 0 Å². The van der Waals surface area contributed by atoms with Crippen LogP contribution < -0.4 is 4.40 Å². The number of benzene rings is 3. The first-order valence-corrected chi connectivity index (χ1v) is 10.8. The van der Waals surface area contributed by atoms with Gasteiger partial charge in [0.15, 0.2) is 5.69 Å². The molecular weight excluding hydrogens is 423 g/mol. The average molecular weight is 440 g/mol. The van der Waals surface area contributed by atoms with Gasteiger partial charge in [-0.1, -0.05) is 59.6 Å². The molecule has 6 rings (SSSR count). The first-order chi connectivity index (χ1) is 15.2. The molecule has 0 bridgehead atoms. The molecule has 0 fully saturated rings. The van der Waals surface area contributed by atoms with Crippen molar-refractivity contribution in [3.05, 3.63) is 113 Å². The van der Waals surface area contributed by atoms with Gasteiger partial charge in [0.25, 0.3) is 5.65 Å². The van der Waals surface area contributed by atoms with Crippen molar-refractivity contribution in [2.24, 2.45) is 0 Å². The monoisotopic (exact) mass is 439 g/mol. The molecule has 0 saturated carbocycles. The largest absolute Gasteiger partial charge is 0.292 e. The van der Waals surface area contributed by atoms with Crippen molar-refractivity contribution in [1.82, 2.24) is 4.40 Å². The van der Waals surface area contributed by atoms with Gasteiger partial charge < -0.3 is 0 Å². The molecular formula is C27H17Cl2N2+. The Kier molecular flexibility index (Phi) is 4.24. The summed E-state index contributed by atoms with van der Waals surface area (Å²) in [6.45, 7) is 0. The quantitative estimate of drug-likeness (QED) is 0.247. The van der Waals surface area contributed by atoms with Crippen LogP contribution in [0.2, 0.25) is 10.0 Å². The lowest BCUT2D eigenvalue weighted by Gasteiger charge is -2.13. The molecule has 0 amide bonds. The van der Waals surface area contributed by atoms with Crippen molar-refractivity contribution < 1.29 is 4.40 Å². The summed E-state index contributed by atoms with van der Waals surface area (Å²) in [7, 11) is 0. The van der Waals surface area contributed by atoms with E-state index < -0.39 is 0 Å². The van der Waals surface area contributed by atoms with E-state index in [1.165, 1.54) is 10.9 Å². The minimum Gasteiger partial charge on any atom is -0.198 e. The van der Waals surface area contributed by atoms with Crippen molar-refractivity contribution in [2.75, 3.05) is 0 Å². The summed E-state index contributed by atoms with van der Waals surface area (Å²) >= 11 is 12.4. The Hall–Kier alpha value is -3.33. The first kappa shape index (κ1) is 18.4. The normalized spacial score (nSPS) is 11.5. The second-order valence-corrected chi connectivity index (χ2v) is 8.46. The van der Waals surface area contributed by atoms with Crippen LogP contribution in [0.3, 0.4) is 0 Å². The van der Waals surface area contributed by atoms with Crippen LogP contribution in [0.1, 0.15) is 0 Å². The van der Waals surface area contributed by atoms with Gasteiger partial charge in [0.2, 0.25) is 0 Å². The summed E-state index contributed by atoms with van der Waals surface area (Å²) < 4.78 is 4.59. The molecule has 0 aliphatic carbocycles. The molecule has 31 heavy (non-hydrogen) atoms. The van der Waals surface area contributed by atoms with Crippen LogP contribution in [0.4, 0.5) is 0 Å². The molecule has 148 valence electrons. The summed E-state index contributed by atoms with van der Waals surface area (Å²) in [6.07, 6.45) is 2.12. The maximum atomic E-state index is 6.23. The lowest BCUT2D eigenvalue weighted by atomic mass is 9.98. The topological polar surface area (TPSA) is 8.51 Å². The second kappa shape index (κ2) is 7.12. The Balaban J connectivity index is 1.88. The van der Waals surface area contributed by atoms with Crippen molar-refractivity contribution in [3.63, 3.8) is 0 Å². The Morgan fingerprint density at radius 3 is 2.00 bits per heavy atom. The van der Waals surface area contributed by atoms with E-state index in [4.69, 9.17) is 23.2 Å². The molecule has 3 heterocycles. The zero-order valence-electron chi connectivity index (χ0n) is 16.5. The number of aromatic nitrogens is 2. The highest BCUT2D eigenvalue weighted by atomic mass is 35.5. The fourth-order valence-electron chi connectivity index (χ4n) is 4.43. The van der Waals surface area contributed by atoms with Crippen molar-refractivity contribution >= 4 is 45.3 Å². The molecule has 3 aromatic heterocycles. The number of nitrogens with zero attached hydrogens (tertiary/aromatic N) is 2. The van der Waals surface area contributed by atoms with Gasteiger partial charge in [0, 0.05) is 27.1 Å². The van der Waals surface area contributed by atoms with Crippen molar-refractivity contribution in [1.29, 1.82) is 0 Å². The molecule has 0 radical (unpaired) electrons. The van der Waals surface area contributed by atoms with E-state index in [-0.39, 0.29) is 0 Å². The number of hydrogen-bond acceptors (Lipinski definition) is 0. The molecule has 6 aromatic rings. The maximum Gasteiger partial charge on any atom is 0.292 e. The molecule has 0 spiro atoms. The Morgan fingerprint density at radius 2 is 1.26 bits per heavy atom. The minimum absolute atomic E-state index is 0.723. The summed E-state index contributed by atoms with van der Waals surface area (Å²) in [5.74, 6) is 0. The third kappa shape index (κ3) is 2.91. The number of hydrogen-bond donors (Lipinski definition) is 0. The average Bonchev–Trinajstić information content (AvgIpc) is 3.19. The number of rotatable bonds is 2. The standard InChI is InChI=1S/C27H17Cl2N2/c28-21-12-8-18(9-13-21)26-24-17-20-5-1-2-6-23(20)31(24)25-7-3-4-16-30(25)27(26)19-10-14-22(29)15-11-19/h1-17H/q+1. The SMILES string of the molecule is Clc1ccc(-c2c(-c3ccc(Cl)cc3)[n+]3ccccc3n3c2cc2ccccc23)cc1. The minimum atomic E-state index is 0.723. The third-order valence-electron chi connectivity index (χ3n) is 5.76. The molecule has 0 aliphatic heterocycles. The predicted molar refractivity (Wildman–Crippen MR) is 129 cm³/mol. The van der Waals surface area contributed by atoms with Gasteiger partial charge in [-0.25, -0.2) is 0 Å². The van der Waals surface area contributed by atoms with Gasteiger partial charge >= 0.3 is 0 Å². The maximum absolute atomic E-state index is 6.23. The summed E-state index contributed by atoms with van der Waals surface area (Å²) in [5, 5.41) is 2.65. The number of pyridine rings is 1. The van der Waals surface area contributed by atoms with E-state index in [9.17, 15) is 0 Å². The lowest BCUT2D eigenvalue weighted by molar-refractivity contribution is -0.501. The Labute approximate surface area is 189 Å². The molecule has 0 unspecified atom stereocenters. The number of fused-ring (bicyclic) bond motifs is 5. The smallest absolute Gasteiger partial charge is 0.198 e. The van der Waals surface area contributed by atoms with E-state index in [2.05, 4.69) is 87.8 Å². The molecule has 0 N–H and O–H groups in total. The summed E-state index contributed by atoms with van der Waals surface area (Å²) in [6, 6.07) is 33.2. The van der Waals surface area contributed by atoms with Crippen LogP contribution in [-0.4, -0.2) is 4.40 Å². The lowest BCUT2D eigenvalue weighted by Crippen LogP contribution is -2.28. The molecule has 0 atom stereocenters. The van der Waals surface area contributed by atoms with Crippen LogP contribution in [0.15, 0.2) is 103 Å². The number of halogens is 2. The number of para-hydroxylation sites is 1. The van der Waals surface area contributed by atoms with Gasteiger partial charge in [0.05, 0.1) is 11.8 Å². The zero-order chi connectivity index (χ0) is 20.9. The predicted octanol–water partition coefficient (Wildman–Crippen LogP) is 7.47. The molecule has 3 aromatic carbocycles. The van der Waals surface area contributed by atoms with Crippen LogP contribution in [-0.2, 0) is 0 Å². The van der Waals surface area contributed by atoms with E-state index in [1.54, 1.807) is 0 Å². The Morgan fingerprint density at radius 1 is 0.613 bits per heavy atom. The highest BCUT2D eigenvalue weighted by Crippen LogP contribution is 2.37. The summed E-state index contributed by atoms with van der Waals surface area (Å²) in [4.78, 5) is 0. The van der Waals surface area contributed by atoms with E-state index in [0.29, 0.717) is 0 Å². The van der Waals surface area contributed by atoms with E-state index >= 15 is 0 Å². The van der Waals surface area contributed by atoms with E-state index in [1.807, 2.05) is 24.3 Å². The summed E-state index contributed by atoms with van der Waals surface area (Å²) in [5.41, 5.74) is 7.91. The van der Waals surface area contributed by atoms with Gasteiger partial charge in [0.1, 0.15) is 11.0 Å². The van der Waals surface area contributed by atoms with Gasteiger partial charge in [-0.05, 0) is 60.2 Å². The van der Waals surface area contributed by atoms with Crippen molar-refractivity contribution in [3.8, 4) is 22.4 Å². The molecule has 4 heteroatoms. The molecule has 2 nitrogen and oxygen atoms in total. The van der Waals surface area contributed by atoms with Crippen LogP contribution in [0.25, 0.3) is 44.5 Å². The Bertz CT molecular complexity index is 1580. The third-order valence-corrected chi connectivity index (χ3v) is 6.27. The zero-order valence-corrected chi connectivity index (χ0v) is 18.0. The van der Waals surface area contributed by atoms with Gasteiger partial charge in [-0.3, -0.25) is 0 Å². The van der Waals surface area contributed by atoms with E-state index in [0.717, 1.165) is 43.6 Å². The van der Waals surface area contributed by atoms with Gasteiger partial charge in [-0.15, -0.1) is 0 Å². The molecule has 0 aliphatic rings. The van der Waals surface area contributed by atoms with Gasteiger partial charge in [-0.2, -0.15) is 8.80 Å². The highest BCUT2D eigenvalue weighted by molar-refractivity contribution is 6.31. The second-order valence-electron chi connectivity index (χ2n) is 7.59. The fraction of sp³-hybridized carbons (Fsp3) is 0.